The molecule has 0 saturated carbocycles. The van der Waals surface area contributed by atoms with E-state index >= 15 is 0 Å². The van der Waals surface area contributed by atoms with Crippen LogP contribution in [0, 0.1) is 13.8 Å². The van der Waals surface area contributed by atoms with Crippen LogP contribution < -0.4 is 0 Å². The Morgan fingerprint density at radius 2 is 1.69 bits per heavy atom. The molecule has 0 spiro atoms. The summed E-state index contributed by atoms with van der Waals surface area (Å²) >= 11 is 5.74. The lowest BCUT2D eigenvalue weighted by atomic mass is 9.99. The van der Waals surface area contributed by atoms with Crippen molar-refractivity contribution in [2.24, 2.45) is 0 Å². The lowest BCUT2D eigenvalue weighted by Crippen LogP contribution is -1.99. The van der Waals surface area contributed by atoms with Gasteiger partial charge in [-0.05, 0) is 31.0 Å². The Morgan fingerprint density at radius 3 is 2.19 bits per heavy atom. The molecular weight excluding hydrogens is 228 g/mol. The number of fused-ring (bicyclic) bond motifs is 1. The molecule has 0 radical (unpaired) electrons. The monoisotopic (exact) mass is 236 g/mol. The number of hydrogen-bond donors (Lipinski definition) is 1. The van der Waals surface area contributed by atoms with Gasteiger partial charge in [0.05, 0.1) is 5.57 Å². The van der Waals surface area contributed by atoms with Gasteiger partial charge in [0.1, 0.15) is 5.03 Å². The number of carboxylic acid groups (broad SMARTS) is 1. The summed E-state index contributed by atoms with van der Waals surface area (Å²) in [6.07, 6.45) is 0. The highest BCUT2D eigenvalue weighted by atomic mass is 35.5. The highest BCUT2D eigenvalue weighted by Gasteiger charge is 2.32. The number of carbonyl (C=O) groups excluding carboxylic acids is 1. The molecule has 2 rings (SSSR count). The van der Waals surface area contributed by atoms with Gasteiger partial charge in [-0.15, -0.1) is 0 Å². The van der Waals surface area contributed by atoms with E-state index in [9.17, 15) is 9.59 Å². The molecule has 0 aromatic heterocycles. The molecule has 3 nitrogen and oxygen atoms in total. The number of allylic oxidation sites excluding steroid dienone is 1. The minimum Gasteiger partial charge on any atom is -0.478 e. The number of aryl methyl sites for hydroxylation is 2. The highest BCUT2D eigenvalue weighted by molar-refractivity contribution is 6.54. The van der Waals surface area contributed by atoms with Crippen molar-refractivity contribution in [1.82, 2.24) is 0 Å². The molecule has 1 aliphatic carbocycles. The molecule has 1 aromatic rings. The van der Waals surface area contributed by atoms with E-state index in [0.717, 1.165) is 11.1 Å². The Balaban J connectivity index is 2.76. The lowest BCUT2D eigenvalue weighted by molar-refractivity contribution is -0.130. The van der Waals surface area contributed by atoms with Gasteiger partial charge in [-0.2, -0.15) is 0 Å². The third-order valence-corrected chi connectivity index (χ3v) is 3.14. The smallest absolute Gasteiger partial charge is 0.337 e. The molecular formula is C12H9ClO3. The molecule has 0 aliphatic heterocycles. The van der Waals surface area contributed by atoms with Gasteiger partial charge in [-0.3, -0.25) is 4.79 Å². The molecule has 0 saturated heterocycles. The summed E-state index contributed by atoms with van der Waals surface area (Å²) in [5.41, 5.74) is 2.60. The molecule has 0 atom stereocenters. The zero-order chi connectivity index (χ0) is 12.0. The van der Waals surface area contributed by atoms with E-state index in [0.29, 0.717) is 11.1 Å². The second kappa shape index (κ2) is 3.46. The number of carboxylic acids is 1. The van der Waals surface area contributed by atoms with Gasteiger partial charge < -0.3 is 5.11 Å². The zero-order valence-corrected chi connectivity index (χ0v) is 9.55. The Bertz CT molecular complexity index is 556. The first-order chi connectivity index (χ1) is 7.43. The molecule has 1 aromatic carbocycles. The average Bonchev–Trinajstić information content (AvgIpc) is 2.42. The van der Waals surface area contributed by atoms with E-state index in [4.69, 9.17) is 16.7 Å². The quantitative estimate of drug-likeness (QED) is 0.815. The Hall–Kier alpha value is -1.61. The Morgan fingerprint density at radius 1 is 1.19 bits per heavy atom. The van der Waals surface area contributed by atoms with Crippen LogP contribution in [0.3, 0.4) is 0 Å². The molecule has 1 N–H and O–H groups in total. The topological polar surface area (TPSA) is 54.4 Å². The average molecular weight is 237 g/mol. The van der Waals surface area contributed by atoms with Gasteiger partial charge in [0.15, 0.2) is 0 Å². The van der Waals surface area contributed by atoms with Gasteiger partial charge in [0.2, 0.25) is 5.78 Å². The summed E-state index contributed by atoms with van der Waals surface area (Å²) in [6, 6.07) is 3.38. The number of ketones is 1. The maximum Gasteiger partial charge on any atom is 0.337 e. The predicted molar refractivity (Wildman–Crippen MR) is 60.7 cm³/mol. The summed E-state index contributed by atoms with van der Waals surface area (Å²) in [5, 5.41) is 8.81. The van der Waals surface area contributed by atoms with Crippen molar-refractivity contribution >= 4 is 28.9 Å². The normalized spacial score (nSPS) is 14.3. The fraction of sp³-hybridized carbons (Fsp3) is 0.167. The SMILES string of the molecule is Cc1cc2c(cc1C)C(C(=O)O)=C(Cl)C2=O. The van der Waals surface area contributed by atoms with Gasteiger partial charge in [0, 0.05) is 11.1 Å². The number of halogens is 1. The fourth-order valence-corrected chi connectivity index (χ4v) is 2.05. The van der Waals surface area contributed by atoms with Crippen molar-refractivity contribution < 1.29 is 14.7 Å². The lowest BCUT2D eigenvalue weighted by Gasteiger charge is -2.05. The third kappa shape index (κ3) is 1.36. The predicted octanol–water partition coefficient (Wildman–Crippen LogP) is 2.53. The van der Waals surface area contributed by atoms with Crippen molar-refractivity contribution in [1.29, 1.82) is 0 Å². The minimum absolute atomic E-state index is 0.0928. The summed E-state index contributed by atoms with van der Waals surface area (Å²) in [5.74, 6) is -1.57. The first kappa shape index (κ1) is 10.9. The number of benzene rings is 1. The standard InChI is InChI=1S/C12H9ClO3/c1-5-3-7-8(4-6(5)2)11(14)10(13)9(7)12(15)16/h3-4H,1-2H3,(H,15,16). The van der Waals surface area contributed by atoms with Crippen LogP contribution in [0.5, 0.6) is 0 Å². The van der Waals surface area contributed by atoms with Crippen LogP contribution in [-0.4, -0.2) is 16.9 Å². The Labute approximate surface area is 97.3 Å². The van der Waals surface area contributed by atoms with E-state index in [1.165, 1.54) is 0 Å². The van der Waals surface area contributed by atoms with E-state index in [2.05, 4.69) is 0 Å². The van der Waals surface area contributed by atoms with Crippen LogP contribution in [0.25, 0.3) is 5.57 Å². The first-order valence-electron chi connectivity index (χ1n) is 4.73. The third-order valence-electron chi connectivity index (χ3n) is 2.78. The summed E-state index contributed by atoms with van der Waals surface area (Å²) < 4.78 is 0. The van der Waals surface area contributed by atoms with Crippen LogP contribution in [0.15, 0.2) is 17.2 Å². The van der Waals surface area contributed by atoms with Crippen LogP contribution in [0.2, 0.25) is 0 Å². The molecule has 0 unspecified atom stereocenters. The number of hydrogen-bond acceptors (Lipinski definition) is 2. The number of Topliss-reactive ketones (excluding diaryl/α,β-unsaturated/α-hetero) is 1. The maximum atomic E-state index is 11.7. The maximum absolute atomic E-state index is 11.7. The second-order valence-corrected chi connectivity index (χ2v) is 4.18. The first-order valence-corrected chi connectivity index (χ1v) is 5.10. The van der Waals surface area contributed by atoms with E-state index in [1.807, 2.05) is 13.8 Å². The van der Waals surface area contributed by atoms with Gasteiger partial charge in [-0.1, -0.05) is 17.7 Å². The molecule has 0 heterocycles. The van der Waals surface area contributed by atoms with Crippen molar-refractivity contribution in [2.45, 2.75) is 13.8 Å². The molecule has 0 bridgehead atoms. The van der Waals surface area contributed by atoms with Crippen LogP contribution >= 0.6 is 11.6 Å². The van der Waals surface area contributed by atoms with Crippen LogP contribution in [0.4, 0.5) is 0 Å². The summed E-state index contributed by atoms with van der Waals surface area (Å²) in [6.45, 7) is 3.74. The van der Waals surface area contributed by atoms with Crippen LogP contribution in [0.1, 0.15) is 27.0 Å². The molecule has 4 heteroatoms. The van der Waals surface area contributed by atoms with Crippen LogP contribution in [-0.2, 0) is 4.79 Å². The van der Waals surface area contributed by atoms with E-state index < -0.39 is 11.8 Å². The molecule has 16 heavy (non-hydrogen) atoms. The van der Waals surface area contributed by atoms with E-state index in [-0.39, 0.29) is 10.6 Å². The van der Waals surface area contributed by atoms with Gasteiger partial charge >= 0.3 is 5.97 Å². The summed E-state index contributed by atoms with van der Waals surface area (Å²) in [4.78, 5) is 22.7. The summed E-state index contributed by atoms with van der Waals surface area (Å²) in [7, 11) is 0. The number of carbonyl (C=O) groups is 2. The molecule has 82 valence electrons. The van der Waals surface area contributed by atoms with Gasteiger partial charge in [0.25, 0.3) is 0 Å². The number of aliphatic carboxylic acids is 1. The molecule has 0 amide bonds. The van der Waals surface area contributed by atoms with Crippen molar-refractivity contribution in [2.75, 3.05) is 0 Å². The minimum atomic E-state index is -1.17. The Kier molecular flexibility index (Phi) is 2.35. The second-order valence-electron chi connectivity index (χ2n) is 3.81. The largest absolute Gasteiger partial charge is 0.478 e. The van der Waals surface area contributed by atoms with E-state index in [1.54, 1.807) is 12.1 Å². The number of rotatable bonds is 1. The van der Waals surface area contributed by atoms with Crippen molar-refractivity contribution in [3.05, 3.63) is 39.4 Å². The fourth-order valence-electron chi connectivity index (χ4n) is 1.77. The molecule has 0 fully saturated rings. The van der Waals surface area contributed by atoms with Crippen molar-refractivity contribution in [3.63, 3.8) is 0 Å². The van der Waals surface area contributed by atoms with Gasteiger partial charge in [-0.25, -0.2) is 4.79 Å². The molecule has 1 aliphatic rings. The van der Waals surface area contributed by atoms with Crippen molar-refractivity contribution in [3.8, 4) is 0 Å². The highest BCUT2D eigenvalue weighted by Crippen LogP contribution is 2.36. The zero-order valence-electron chi connectivity index (χ0n) is 8.80.